The summed E-state index contributed by atoms with van der Waals surface area (Å²) in [6.07, 6.45) is 3.36. The first kappa shape index (κ1) is 10.3. The minimum absolute atomic E-state index is 0.234. The molecule has 0 spiro atoms. The summed E-state index contributed by atoms with van der Waals surface area (Å²) in [4.78, 5) is 12.4. The molecule has 1 N–H and O–H groups in total. The molecule has 0 fully saturated rings. The van der Waals surface area contributed by atoms with Gasteiger partial charge in [-0.15, -0.1) is 0 Å². The predicted octanol–water partition coefficient (Wildman–Crippen LogP) is 3.25. The minimum Gasteiger partial charge on any atom is -0.358 e. The van der Waals surface area contributed by atoms with Crippen LogP contribution in [0, 0.1) is 5.82 Å². The third kappa shape index (κ3) is 2.01. The average molecular weight is 245 g/mol. The van der Waals surface area contributed by atoms with Crippen molar-refractivity contribution >= 4 is 22.8 Å². The van der Waals surface area contributed by atoms with Crippen molar-refractivity contribution in [3.8, 4) is 0 Å². The molecule has 1 aromatic carbocycles. The molecule has 0 bridgehead atoms. The van der Waals surface area contributed by atoms with Gasteiger partial charge in [-0.2, -0.15) is 0 Å². The number of rotatable bonds is 2. The van der Waals surface area contributed by atoms with Crippen molar-refractivity contribution in [3.63, 3.8) is 0 Å². The van der Waals surface area contributed by atoms with Crippen LogP contribution in [0.4, 0.5) is 4.39 Å². The number of hydrogen-bond donors (Lipinski definition) is 1. The molecule has 0 aliphatic carbocycles. The number of aromatic nitrogens is 3. The monoisotopic (exact) mass is 245 g/mol. The second-order valence-electron chi connectivity index (χ2n) is 3.47. The number of hydrogen-bond acceptors (Lipinski definition) is 3. The van der Waals surface area contributed by atoms with Gasteiger partial charge in [-0.1, -0.05) is 11.8 Å². The van der Waals surface area contributed by atoms with E-state index in [-0.39, 0.29) is 5.82 Å². The second kappa shape index (κ2) is 4.18. The smallest absolute Gasteiger partial charge is 0.128 e. The molecule has 0 aliphatic rings. The van der Waals surface area contributed by atoms with Crippen molar-refractivity contribution in [2.24, 2.45) is 0 Å². The molecule has 0 saturated carbocycles. The highest BCUT2D eigenvalue weighted by molar-refractivity contribution is 7.99. The quantitative estimate of drug-likeness (QED) is 0.705. The Balaban J connectivity index is 1.99. The highest BCUT2D eigenvalue weighted by Crippen LogP contribution is 2.29. The van der Waals surface area contributed by atoms with Crippen LogP contribution in [0.5, 0.6) is 0 Å². The number of benzene rings is 1. The van der Waals surface area contributed by atoms with E-state index >= 15 is 0 Å². The zero-order chi connectivity index (χ0) is 11.7. The Morgan fingerprint density at radius 1 is 1.06 bits per heavy atom. The molecule has 2 aromatic heterocycles. The standard InChI is InChI=1S/C12H8FN3S/c13-8-1-3-9(4-2-8)17-12-11-10(5-6-14-11)15-7-16-12/h1-7,14H. The lowest BCUT2D eigenvalue weighted by molar-refractivity contribution is 0.626. The molecule has 84 valence electrons. The summed E-state index contributed by atoms with van der Waals surface area (Å²) >= 11 is 1.48. The Kier molecular flexibility index (Phi) is 2.53. The van der Waals surface area contributed by atoms with Crippen molar-refractivity contribution in [1.29, 1.82) is 0 Å². The molecule has 3 rings (SSSR count). The van der Waals surface area contributed by atoms with Gasteiger partial charge in [0, 0.05) is 11.1 Å². The van der Waals surface area contributed by atoms with Gasteiger partial charge in [0.05, 0.1) is 11.0 Å². The van der Waals surface area contributed by atoms with E-state index in [4.69, 9.17) is 0 Å². The van der Waals surface area contributed by atoms with E-state index in [1.807, 2.05) is 12.3 Å². The highest BCUT2D eigenvalue weighted by atomic mass is 32.2. The van der Waals surface area contributed by atoms with Crippen molar-refractivity contribution in [2.45, 2.75) is 9.92 Å². The molecule has 3 nitrogen and oxygen atoms in total. The third-order valence-corrected chi connectivity index (χ3v) is 3.35. The number of nitrogens with zero attached hydrogens (tertiary/aromatic N) is 2. The van der Waals surface area contributed by atoms with Gasteiger partial charge in [0.25, 0.3) is 0 Å². The largest absolute Gasteiger partial charge is 0.358 e. The molecule has 0 saturated heterocycles. The lowest BCUT2D eigenvalue weighted by atomic mass is 10.4. The van der Waals surface area contributed by atoms with E-state index in [2.05, 4.69) is 15.0 Å². The van der Waals surface area contributed by atoms with E-state index < -0.39 is 0 Å². The fourth-order valence-electron chi connectivity index (χ4n) is 1.54. The maximum Gasteiger partial charge on any atom is 0.128 e. The number of H-pyrrole nitrogens is 1. The molecule has 5 heteroatoms. The van der Waals surface area contributed by atoms with Gasteiger partial charge in [-0.05, 0) is 30.3 Å². The first-order chi connectivity index (χ1) is 8.33. The van der Waals surface area contributed by atoms with E-state index in [1.54, 1.807) is 12.1 Å². The summed E-state index contributed by atoms with van der Waals surface area (Å²) in [6.45, 7) is 0. The van der Waals surface area contributed by atoms with E-state index in [1.165, 1.54) is 30.2 Å². The van der Waals surface area contributed by atoms with Crippen molar-refractivity contribution in [2.75, 3.05) is 0 Å². The zero-order valence-electron chi connectivity index (χ0n) is 8.72. The topological polar surface area (TPSA) is 41.6 Å². The Morgan fingerprint density at radius 2 is 1.88 bits per heavy atom. The summed E-state index contributed by atoms with van der Waals surface area (Å²) in [6, 6.07) is 8.24. The highest BCUT2D eigenvalue weighted by Gasteiger charge is 2.06. The van der Waals surface area contributed by atoms with Gasteiger partial charge in [0.1, 0.15) is 17.2 Å². The molecule has 0 amide bonds. The van der Waals surface area contributed by atoms with Crippen LogP contribution in [-0.2, 0) is 0 Å². The van der Waals surface area contributed by atoms with Gasteiger partial charge in [-0.25, -0.2) is 14.4 Å². The van der Waals surface area contributed by atoms with Gasteiger partial charge in [0.2, 0.25) is 0 Å². The van der Waals surface area contributed by atoms with Crippen LogP contribution in [-0.4, -0.2) is 15.0 Å². The van der Waals surface area contributed by atoms with Gasteiger partial charge in [-0.3, -0.25) is 0 Å². The number of halogens is 1. The van der Waals surface area contributed by atoms with Crippen LogP contribution in [0.2, 0.25) is 0 Å². The normalized spacial score (nSPS) is 10.9. The van der Waals surface area contributed by atoms with Crippen molar-refractivity contribution < 1.29 is 4.39 Å². The van der Waals surface area contributed by atoms with Crippen LogP contribution in [0.1, 0.15) is 0 Å². The third-order valence-electron chi connectivity index (χ3n) is 2.34. The maximum absolute atomic E-state index is 12.8. The molecule has 17 heavy (non-hydrogen) atoms. The van der Waals surface area contributed by atoms with Gasteiger partial charge < -0.3 is 4.98 Å². The molecule has 0 aliphatic heterocycles. The van der Waals surface area contributed by atoms with Crippen LogP contribution in [0.15, 0.2) is 52.8 Å². The Morgan fingerprint density at radius 3 is 2.71 bits per heavy atom. The van der Waals surface area contributed by atoms with E-state index in [0.29, 0.717) is 0 Å². The molecular formula is C12H8FN3S. The van der Waals surface area contributed by atoms with E-state index in [9.17, 15) is 4.39 Å². The predicted molar refractivity (Wildman–Crippen MR) is 64.4 cm³/mol. The maximum atomic E-state index is 12.8. The van der Waals surface area contributed by atoms with Crippen molar-refractivity contribution in [1.82, 2.24) is 15.0 Å². The zero-order valence-corrected chi connectivity index (χ0v) is 9.54. The van der Waals surface area contributed by atoms with Gasteiger partial charge in [0.15, 0.2) is 0 Å². The molecule has 2 heterocycles. The second-order valence-corrected chi connectivity index (χ2v) is 4.53. The van der Waals surface area contributed by atoms with E-state index in [0.717, 1.165) is 21.0 Å². The lowest BCUT2D eigenvalue weighted by Gasteiger charge is -2.01. The Hall–Kier alpha value is -1.88. The van der Waals surface area contributed by atoms with Crippen LogP contribution in [0.25, 0.3) is 11.0 Å². The van der Waals surface area contributed by atoms with Crippen LogP contribution >= 0.6 is 11.8 Å². The number of nitrogens with one attached hydrogen (secondary N) is 1. The minimum atomic E-state index is -0.234. The first-order valence-corrected chi connectivity index (χ1v) is 5.86. The summed E-state index contributed by atoms with van der Waals surface area (Å²) in [7, 11) is 0. The Labute approximate surface area is 101 Å². The molecule has 3 aromatic rings. The lowest BCUT2D eigenvalue weighted by Crippen LogP contribution is -1.85. The summed E-state index contributed by atoms with van der Waals surface area (Å²) in [5.41, 5.74) is 1.78. The first-order valence-electron chi connectivity index (χ1n) is 5.04. The summed E-state index contributed by atoms with van der Waals surface area (Å²) < 4.78 is 12.8. The van der Waals surface area contributed by atoms with Gasteiger partial charge >= 0.3 is 0 Å². The Bertz CT molecular complexity index is 648. The fourth-order valence-corrected chi connectivity index (χ4v) is 2.40. The van der Waals surface area contributed by atoms with Crippen LogP contribution in [0.3, 0.4) is 0 Å². The number of fused-ring (bicyclic) bond motifs is 1. The molecular weight excluding hydrogens is 237 g/mol. The summed E-state index contributed by atoms with van der Waals surface area (Å²) in [5.74, 6) is -0.234. The molecule has 0 unspecified atom stereocenters. The SMILES string of the molecule is Fc1ccc(Sc2ncnc3cc[nH]c23)cc1. The van der Waals surface area contributed by atoms with Crippen molar-refractivity contribution in [3.05, 3.63) is 48.7 Å². The summed E-state index contributed by atoms with van der Waals surface area (Å²) in [5, 5.41) is 0.839. The molecule has 0 atom stereocenters. The molecule has 0 radical (unpaired) electrons. The number of aromatic amines is 1. The fraction of sp³-hybridized carbons (Fsp3) is 0. The average Bonchev–Trinajstić information content (AvgIpc) is 2.81. The van der Waals surface area contributed by atoms with Crippen LogP contribution < -0.4 is 0 Å².